The van der Waals surface area contributed by atoms with Crippen LogP contribution in [0, 0.1) is 0 Å². The van der Waals surface area contributed by atoms with Crippen molar-refractivity contribution in [2.75, 3.05) is 31.9 Å². The van der Waals surface area contributed by atoms with E-state index in [0.29, 0.717) is 31.2 Å². The van der Waals surface area contributed by atoms with Gasteiger partial charge < -0.3 is 9.47 Å². The van der Waals surface area contributed by atoms with Gasteiger partial charge in [-0.05, 0) is 36.3 Å². The Bertz CT molecular complexity index is 1190. The quantitative estimate of drug-likeness (QED) is 0.592. The number of amides is 1. The number of sulfone groups is 1. The molecule has 0 atom stereocenters. The Morgan fingerprint density at radius 3 is 2.59 bits per heavy atom. The van der Waals surface area contributed by atoms with Crippen LogP contribution in [0.3, 0.4) is 0 Å². The summed E-state index contributed by atoms with van der Waals surface area (Å²) in [4.78, 5) is 15.4. The van der Waals surface area contributed by atoms with Crippen LogP contribution in [0.2, 0.25) is 5.02 Å². The summed E-state index contributed by atoms with van der Waals surface area (Å²) in [5.74, 6) is -0.373. The van der Waals surface area contributed by atoms with Crippen LogP contribution in [0.25, 0.3) is 12.2 Å². The number of rotatable bonds is 7. The average Bonchev–Trinajstić information content (AvgIpc) is 3.18. The van der Waals surface area contributed by atoms with E-state index in [1.54, 1.807) is 53.5 Å². The number of halogens is 1. The molecule has 1 fully saturated rings. The first-order valence-corrected chi connectivity index (χ1v) is 13.1. The lowest BCUT2D eigenvalue weighted by molar-refractivity contribution is -0.132. The van der Waals surface area contributed by atoms with Crippen molar-refractivity contribution < 1.29 is 13.2 Å². The second kappa shape index (κ2) is 10.5. The molecule has 1 aromatic carbocycles. The van der Waals surface area contributed by atoms with Crippen molar-refractivity contribution in [1.82, 2.24) is 14.5 Å². The molecular formula is C22H27ClN4O3S2. The zero-order valence-electron chi connectivity index (χ0n) is 18.2. The Balaban J connectivity index is 1.57. The monoisotopic (exact) mass is 494 g/mol. The predicted octanol–water partition coefficient (Wildman–Crippen LogP) is 3.21. The Morgan fingerprint density at radius 2 is 1.97 bits per heavy atom. The average molecular weight is 495 g/mol. The molecule has 1 amide bonds. The topological polar surface area (TPSA) is 75.0 Å². The van der Waals surface area contributed by atoms with E-state index in [1.807, 2.05) is 28.2 Å². The minimum Gasteiger partial charge on any atom is -0.339 e. The van der Waals surface area contributed by atoms with Gasteiger partial charge >= 0.3 is 0 Å². The molecule has 0 bridgehead atoms. The molecule has 32 heavy (non-hydrogen) atoms. The standard InChI is InChI=1S/C22H27ClN4O3S2/c1-4-18-16-20(23)6-5-19(18)15-17(2)32(29,30)14-7-21(28)26-8-10-27(11-9-26)24-22-25(3)12-13-31-22/h4-6,12-13,15-16H,1,7-11,14H2,2-3H3. The molecule has 1 aliphatic heterocycles. The molecule has 1 aromatic heterocycles. The highest BCUT2D eigenvalue weighted by Crippen LogP contribution is 2.22. The van der Waals surface area contributed by atoms with Gasteiger partial charge in [0, 0.05) is 48.1 Å². The Kier molecular flexibility index (Phi) is 7.97. The molecular weight excluding hydrogens is 468 g/mol. The first-order chi connectivity index (χ1) is 15.2. The number of allylic oxidation sites excluding steroid dienone is 1. The van der Waals surface area contributed by atoms with Gasteiger partial charge in [-0.15, -0.1) is 16.4 Å². The van der Waals surface area contributed by atoms with Gasteiger partial charge in [-0.2, -0.15) is 0 Å². The Hall–Kier alpha value is -2.36. The van der Waals surface area contributed by atoms with Crippen LogP contribution in [0.5, 0.6) is 0 Å². The molecule has 172 valence electrons. The van der Waals surface area contributed by atoms with Crippen LogP contribution >= 0.6 is 22.9 Å². The number of aryl methyl sites for hydroxylation is 1. The summed E-state index contributed by atoms with van der Waals surface area (Å²) in [7, 11) is -1.62. The van der Waals surface area contributed by atoms with Crippen molar-refractivity contribution in [2.45, 2.75) is 13.3 Å². The van der Waals surface area contributed by atoms with Crippen molar-refractivity contribution >= 4 is 50.8 Å². The summed E-state index contributed by atoms with van der Waals surface area (Å²) in [6.45, 7) is 7.59. The summed E-state index contributed by atoms with van der Waals surface area (Å²) in [5.41, 5.74) is 1.47. The molecule has 0 saturated carbocycles. The summed E-state index contributed by atoms with van der Waals surface area (Å²) >= 11 is 7.55. The number of nitrogens with zero attached hydrogens (tertiary/aromatic N) is 4. The van der Waals surface area contributed by atoms with Crippen LogP contribution in [0.15, 0.2) is 46.4 Å². The number of hydrogen-bond donors (Lipinski definition) is 0. The maximum Gasteiger partial charge on any atom is 0.223 e. The molecule has 0 N–H and O–H groups in total. The summed E-state index contributed by atoms with van der Waals surface area (Å²) < 4.78 is 27.4. The molecule has 1 aliphatic rings. The predicted molar refractivity (Wildman–Crippen MR) is 131 cm³/mol. The normalized spacial score (nSPS) is 15.8. The van der Waals surface area contributed by atoms with Gasteiger partial charge in [0.15, 0.2) is 9.84 Å². The largest absolute Gasteiger partial charge is 0.339 e. The van der Waals surface area contributed by atoms with E-state index >= 15 is 0 Å². The fourth-order valence-corrected chi connectivity index (χ4v) is 5.30. The van der Waals surface area contributed by atoms with E-state index < -0.39 is 9.84 Å². The van der Waals surface area contributed by atoms with E-state index in [0.717, 1.165) is 15.9 Å². The fraction of sp³-hybridized carbons (Fsp3) is 0.364. The van der Waals surface area contributed by atoms with Crippen molar-refractivity contribution in [1.29, 1.82) is 0 Å². The van der Waals surface area contributed by atoms with Crippen LogP contribution in [0.1, 0.15) is 24.5 Å². The molecule has 2 aromatic rings. The number of carbonyl (C=O) groups is 1. The summed E-state index contributed by atoms with van der Waals surface area (Å²) in [5, 5.41) is 9.07. The highest BCUT2D eigenvalue weighted by Gasteiger charge is 2.23. The van der Waals surface area contributed by atoms with Gasteiger partial charge in [-0.3, -0.25) is 9.80 Å². The second-order valence-electron chi connectivity index (χ2n) is 7.53. The highest BCUT2D eigenvalue weighted by molar-refractivity contribution is 7.95. The third kappa shape index (κ3) is 6.11. The first-order valence-electron chi connectivity index (χ1n) is 10.2. The smallest absolute Gasteiger partial charge is 0.223 e. The van der Waals surface area contributed by atoms with Crippen LogP contribution in [-0.2, 0) is 21.7 Å². The van der Waals surface area contributed by atoms with Crippen LogP contribution in [0.4, 0.5) is 0 Å². The third-order valence-electron chi connectivity index (χ3n) is 5.30. The van der Waals surface area contributed by atoms with Crippen molar-refractivity contribution in [3.63, 3.8) is 0 Å². The maximum atomic E-state index is 12.7. The molecule has 2 heterocycles. The third-order valence-corrected chi connectivity index (χ3v) is 8.21. The number of piperazine rings is 1. The van der Waals surface area contributed by atoms with E-state index in [1.165, 1.54) is 0 Å². The highest BCUT2D eigenvalue weighted by atomic mass is 35.5. The van der Waals surface area contributed by atoms with Gasteiger partial charge in [0.2, 0.25) is 10.7 Å². The van der Waals surface area contributed by atoms with Crippen molar-refractivity contribution in [3.05, 3.63) is 62.2 Å². The van der Waals surface area contributed by atoms with Crippen molar-refractivity contribution in [3.8, 4) is 0 Å². The lowest BCUT2D eigenvalue weighted by Crippen LogP contribution is -2.47. The molecule has 7 nitrogen and oxygen atoms in total. The molecule has 0 unspecified atom stereocenters. The van der Waals surface area contributed by atoms with Crippen LogP contribution in [-0.4, -0.2) is 60.7 Å². The fourth-order valence-electron chi connectivity index (χ4n) is 3.29. The van der Waals surface area contributed by atoms with E-state index in [9.17, 15) is 13.2 Å². The van der Waals surface area contributed by atoms with E-state index in [-0.39, 0.29) is 23.0 Å². The zero-order valence-corrected chi connectivity index (χ0v) is 20.6. The number of thiazole rings is 1. The summed E-state index contributed by atoms with van der Waals surface area (Å²) in [6.07, 6.45) is 5.13. The summed E-state index contributed by atoms with van der Waals surface area (Å²) in [6, 6.07) is 5.19. The molecule has 10 heteroatoms. The lowest BCUT2D eigenvalue weighted by Gasteiger charge is -2.33. The van der Waals surface area contributed by atoms with Crippen molar-refractivity contribution in [2.24, 2.45) is 12.1 Å². The molecule has 0 radical (unpaired) electrons. The van der Waals surface area contributed by atoms with Crippen LogP contribution < -0.4 is 4.80 Å². The van der Waals surface area contributed by atoms with Gasteiger partial charge in [-0.1, -0.05) is 30.3 Å². The zero-order chi connectivity index (χ0) is 23.3. The Labute approximate surface area is 197 Å². The van der Waals surface area contributed by atoms with Gasteiger partial charge in [0.05, 0.1) is 18.8 Å². The first kappa shape index (κ1) is 24.3. The minimum absolute atomic E-state index is 0.0422. The number of benzene rings is 1. The van der Waals surface area contributed by atoms with E-state index in [4.69, 9.17) is 11.6 Å². The molecule has 3 rings (SSSR count). The van der Waals surface area contributed by atoms with Gasteiger partial charge in [-0.25, -0.2) is 8.42 Å². The minimum atomic E-state index is -3.56. The SMILES string of the molecule is C=Cc1cc(Cl)ccc1C=C(C)S(=O)(=O)CCC(=O)N1CCN(N=c2sccn2C)CC1. The molecule has 1 saturated heterocycles. The lowest BCUT2D eigenvalue weighted by atomic mass is 10.1. The molecule has 0 aliphatic carbocycles. The number of aromatic nitrogens is 1. The van der Waals surface area contributed by atoms with Gasteiger partial charge in [0.1, 0.15) is 0 Å². The number of hydrogen-bond acceptors (Lipinski definition) is 6. The van der Waals surface area contributed by atoms with E-state index in [2.05, 4.69) is 11.7 Å². The Morgan fingerprint density at radius 1 is 1.25 bits per heavy atom. The maximum absolute atomic E-state index is 12.7. The number of carbonyl (C=O) groups excluding carboxylic acids is 1. The second-order valence-corrected chi connectivity index (χ2v) is 11.1. The molecule has 0 spiro atoms. The van der Waals surface area contributed by atoms with Gasteiger partial charge in [0.25, 0.3) is 0 Å².